The van der Waals surface area contributed by atoms with Gasteiger partial charge >= 0.3 is 0 Å². The number of aryl methyl sites for hydroxylation is 1. The Balaban J connectivity index is 1.69. The number of hydrogen-bond acceptors (Lipinski definition) is 5. The average molecular weight is 373 g/mol. The third-order valence-corrected chi connectivity index (χ3v) is 3.89. The fraction of sp³-hybridized carbons (Fsp3) is 0.444. The molecule has 0 aliphatic heterocycles. The maximum atomic E-state index is 10.7. The van der Waals surface area contributed by atoms with Crippen LogP contribution in [0.1, 0.15) is 18.3 Å². The maximum absolute atomic E-state index is 10.7. The number of hydrogen-bond donors (Lipinski definition) is 3. The summed E-state index contributed by atoms with van der Waals surface area (Å²) in [6.07, 6.45) is 3.44. The Morgan fingerprint density at radius 3 is 2.67 bits per heavy atom. The zero-order valence-electron chi connectivity index (χ0n) is 15.8. The van der Waals surface area contributed by atoms with Crippen molar-refractivity contribution in [1.82, 2.24) is 25.4 Å². The summed E-state index contributed by atoms with van der Waals surface area (Å²) < 4.78 is 7.27. The zero-order valence-corrected chi connectivity index (χ0v) is 15.8. The molecule has 0 bridgehead atoms. The monoisotopic (exact) mass is 373 g/mol. The van der Waals surface area contributed by atoms with Gasteiger partial charge in [0, 0.05) is 33.1 Å². The predicted molar refractivity (Wildman–Crippen MR) is 104 cm³/mol. The highest BCUT2D eigenvalue weighted by Gasteiger charge is 2.03. The van der Waals surface area contributed by atoms with E-state index in [1.807, 2.05) is 28.8 Å². The fourth-order valence-corrected chi connectivity index (χ4v) is 2.49. The van der Waals surface area contributed by atoms with Crippen LogP contribution >= 0.6 is 0 Å². The largest absolute Gasteiger partial charge is 0.484 e. The molecule has 0 fully saturated rings. The number of amides is 1. The number of guanidine groups is 1. The summed E-state index contributed by atoms with van der Waals surface area (Å²) in [6.45, 7) is 4.21. The number of aromatic nitrogens is 3. The molecule has 2 rings (SSSR count). The van der Waals surface area contributed by atoms with Crippen LogP contribution in [-0.2, 0) is 24.2 Å². The molecule has 0 aliphatic carbocycles. The van der Waals surface area contributed by atoms with Crippen molar-refractivity contribution in [3.05, 3.63) is 42.0 Å². The van der Waals surface area contributed by atoms with Crippen LogP contribution in [0.2, 0.25) is 0 Å². The lowest BCUT2D eigenvalue weighted by molar-refractivity contribution is -0.119. The molecule has 1 heterocycles. The van der Waals surface area contributed by atoms with E-state index in [-0.39, 0.29) is 6.61 Å². The van der Waals surface area contributed by atoms with Crippen molar-refractivity contribution in [2.24, 2.45) is 10.7 Å². The minimum Gasteiger partial charge on any atom is -0.484 e. The van der Waals surface area contributed by atoms with E-state index in [0.717, 1.165) is 49.8 Å². The van der Waals surface area contributed by atoms with E-state index in [2.05, 4.69) is 32.7 Å². The first-order valence-electron chi connectivity index (χ1n) is 8.93. The van der Waals surface area contributed by atoms with Crippen LogP contribution in [0.15, 0.2) is 35.6 Å². The second kappa shape index (κ2) is 10.8. The molecule has 0 radical (unpaired) electrons. The summed E-state index contributed by atoms with van der Waals surface area (Å²) in [5.74, 6) is 1.87. The second-order valence-electron chi connectivity index (χ2n) is 5.87. The fourth-order valence-electron chi connectivity index (χ4n) is 2.49. The minimum atomic E-state index is -0.489. The SMILES string of the molecule is CCc1nncn1CCNC(=NC)NCCc1ccc(OCC(N)=O)cc1. The van der Waals surface area contributed by atoms with Gasteiger partial charge in [-0.1, -0.05) is 19.1 Å². The van der Waals surface area contributed by atoms with E-state index in [4.69, 9.17) is 10.5 Å². The molecular formula is C18H27N7O2. The highest BCUT2D eigenvalue weighted by atomic mass is 16.5. The van der Waals surface area contributed by atoms with Crippen LogP contribution in [-0.4, -0.2) is 53.4 Å². The van der Waals surface area contributed by atoms with Crippen LogP contribution < -0.4 is 21.1 Å². The quantitative estimate of drug-likeness (QED) is 0.402. The number of carbonyl (C=O) groups is 1. The first-order chi connectivity index (χ1) is 13.1. The molecule has 9 nitrogen and oxygen atoms in total. The number of nitrogens with two attached hydrogens (primary N) is 1. The van der Waals surface area contributed by atoms with Gasteiger partial charge in [-0.25, -0.2) is 0 Å². The van der Waals surface area contributed by atoms with Crippen molar-refractivity contribution >= 4 is 11.9 Å². The van der Waals surface area contributed by atoms with Crippen LogP contribution in [0, 0.1) is 0 Å². The lowest BCUT2D eigenvalue weighted by atomic mass is 10.1. The first-order valence-corrected chi connectivity index (χ1v) is 8.93. The third-order valence-electron chi connectivity index (χ3n) is 3.89. The molecule has 0 spiro atoms. The van der Waals surface area contributed by atoms with Crippen molar-refractivity contribution in [2.45, 2.75) is 26.3 Å². The summed E-state index contributed by atoms with van der Waals surface area (Å²) in [5.41, 5.74) is 6.21. The highest BCUT2D eigenvalue weighted by Crippen LogP contribution is 2.12. The van der Waals surface area contributed by atoms with Crippen LogP contribution in [0.4, 0.5) is 0 Å². The van der Waals surface area contributed by atoms with Crippen molar-refractivity contribution in [3.8, 4) is 5.75 Å². The standard InChI is InChI=1S/C18H27N7O2/c1-3-17-24-23-13-25(17)11-10-22-18(20-2)21-9-8-14-4-6-15(7-5-14)27-12-16(19)26/h4-7,13H,3,8-12H2,1-2H3,(H2,19,26)(H2,20,21,22). The first kappa shape index (κ1) is 20.2. The normalized spacial score (nSPS) is 11.3. The molecule has 0 aliphatic rings. The van der Waals surface area contributed by atoms with Crippen molar-refractivity contribution in [1.29, 1.82) is 0 Å². The summed E-state index contributed by atoms with van der Waals surface area (Å²) >= 11 is 0. The Kier molecular flexibility index (Phi) is 8.08. The van der Waals surface area contributed by atoms with Gasteiger partial charge in [-0.3, -0.25) is 9.79 Å². The van der Waals surface area contributed by atoms with E-state index in [1.54, 1.807) is 13.4 Å². The topological polar surface area (TPSA) is 119 Å². The lowest BCUT2D eigenvalue weighted by Gasteiger charge is -2.13. The molecule has 1 aromatic heterocycles. The van der Waals surface area contributed by atoms with Gasteiger partial charge in [-0.15, -0.1) is 10.2 Å². The Bertz CT molecular complexity index is 740. The summed E-state index contributed by atoms with van der Waals surface area (Å²) in [4.78, 5) is 14.9. The van der Waals surface area contributed by atoms with Crippen molar-refractivity contribution in [3.63, 3.8) is 0 Å². The van der Waals surface area contributed by atoms with Crippen LogP contribution in [0.5, 0.6) is 5.75 Å². The smallest absolute Gasteiger partial charge is 0.255 e. The number of nitrogens with one attached hydrogen (secondary N) is 2. The third kappa shape index (κ3) is 6.96. The highest BCUT2D eigenvalue weighted by molar-refractivity contribution is 5.79. The van der Waals surface area contributed by atoms with Gasteiger partial charge in [0.05, 0.1) is 0 Å². The van der Waals surface area contributed by atoms with Gasteiger partial charge in [0.2, 0.25) is 0 Å². The molecular weight excluding hydrogens is 346 g/mol. The number of rotatable bonds is 10. The van der Waals surface area contributed by atoms with Gasteiger partial charge < -0.3 is 25.7 Å². The Hall–Kier alpha value is -3.10. The zero-order chi connectivity index (χ0) is 19.5. The molecule has 0 unspecified atom stereocenters. The number of ether oxygens (including phenoxy) is 1. The van der Waals surface area contributed by atoms with E-state index in [0.29, 0.717) is 5.75 Å². The average Bonchev–Trinajstić information content (AvgIpc) is 3.13. The molecule has 0 atom stereocenters. The lowest BCUT2D eigenvalue weighted by Crippen LogP contribution is -2.39. The molecule has 27 heavy (non-hydrogen) atoms. The van der Waals surface area contributed by atoms with E-state index in [9.17, 15) is 4.79 Å². The number of aliphatic imine (C=N–C) groups is 1. The summed E-state index contributed by atoms with van der Waals surface area (Å²) in [7, 11) is 1.75. The molecule has 1 aromatic carbocycles. The van der Waals surface area contributed by atoms with Gasteiger partial charge in [-0.2, -0.15) is 0 Å². The van der Waals surface area contributed by atoms with Gasteiger partial charge in [0.25, 0.3) is 5.91 Å². The van der Waals surface area contributed by atoms with Crippen molar-refractivity contribution in [2.75, 3.05) is 26.7 Å². The molecule has 2 aromatic rings. The Labute approximate surface area is 159 Å². The number of primary amides is 1. The molecule has 146 valence electrons. The van der Waals surface area contributed by atoms with E-state index >= 15 is 0 Å². The van der Waals surface area contributed by atoms with Gasteiger partial charge in [0.1, 0.15) is 17.9 Å². The van der Waals surface area contributed by atoms with E-state index in [1.165, 1.54) is 0 Å². The number of nitrogens with zero attached hydrogens (tertiary/aromatic N) is 4. The number of carbonyl (C=O) groups excluding carboxylic acids is 1. The molecule has 4 N–H and O–H groups in total. The van der Waals surface area contributed by atoms with Crippen LogP contribution in [0.25, 0.3) is 0 Å². The minimum absolute atomic E-state index is 0.113. The van der Waals surface area contributed by atoms with Gasteiger partial charge in [-0.05, 0) is 24.1 Å². The summed E-state index contributed by atoms with van der Waals surface area (Å²) in [6, 6.07) is 7.59. The predicted octanol–water partition coefficient (Wildman–Crippen LogP) is 0.112. The summed E-state index contributed by atoms with van der Waals surface area (Å²) in [5, 5.41) is 14.6. The van der Waals surface area contributed by atoms with Crippen molar-refractivity contribution < 1.29 is 9.53 Å². The van der Waals surface area contributed by atoms with Gasteiger partial charge in [0.15, 0.2) is 12.6 Å². The Morgan fingerprint density at radius 1 is 1.26 bits per heavy atom. The second-order valence-corrected chi connectivity index (χ2v) is 5.87. The van der Waals surface area contributed by atoms with E-state index < -0.39 is 5.91 Å². The molecule has 9 heteroatoms. The Morgan fingerprint density at radius 2 is 2.00 bits per heavy atom. The maximum Gasteiger partial charge on any atom is 0.255 e. The molecule has 1 amide bonds. The molecule has 0 saturated carbocycles. The van der Waals surface area contributed by atoms with Crippen LogP contribution in [0.3, 0.4) is 0 Å². The number of benzene rings is 1. The molecule has 0 saturated heterocycles.